The average molecular weight is 402 g/mol. The number of carboxylic acids is 1. The number of hydrogen-bond acceptors (Lipinski definition) is 4. The lowest BCUT2D eigenvalue weighted by atomic mass is 10.0. The Balaban J connectivity index is 1.83. The van der Waals surface area contributed by atoms with Crippen LogP contribution in [-0.2, 0) is 10.0 Å². The molecule has 148 valence electrons. The number of sulfonamides is 1. The number of piperidine rings is 1. The molecule has 1 aliphatic heterocycles. The predicted octanol–water partition coefficient (Wildman–Crippen LogP) is 3.06. The van der Waals surface area contributed by atoms with Crippen LogP contribution in [0.4, 0.5) is 5.69 Å². The van der Waals surface area contributed by atoms with Gasteiger partial charge >= 0.3 is 5.97 Å². The van der Waals surface area contributed by atoms with E-state index in [9.17, 15) is 23.1 Å². The zero-order chi connectivity index (χ0) is 20.3. The van der Waals surface area contributed by atoms with Crippen molar-refractivity contribution in [2.75, 3.05) is 18.4 Å². The molecule has 0 radical (unpaired) electrons. The highest BCUT2D eigenvalue weighted by atomic mass is 32.2. The van der Waals surface area contributed by atoms with E-state index in [0.717, 1.165) is 12.8 Å². The Morgan fingerprint density at radius 1 is 1.07 bits per heavy atom. The molecule has 1 fully saturated rings. The van der Waals surface area contributed by atoms with Crippen LogP contribution >= 0.6 is 0 Å². The first-order valence-corrected chi connectivity index (χ1v) is 10.5. The van der Waals surface area contributed by atoms with Gasteiger partial charge in [0.05, 0.1) is 16.1 Å². The Labute approximate surface area is 164 Å². The first-order valence-electron chi connectivity index (χ1n) is 9.03. The molecule has 7 nitrogen and oxygen atoms in total. The van der Waals surface area contributed by atoms with Crippen LogP contribution in [0.3, 0.4) is 0 Å². The summed E-state index contributed by atoms with van der Waals surface area (Å²) in [4.78, 5) is 23.9. The molecule has 0 spiro atoms. The van der Waals surface area contributed by atoms with Gasteiger partial charge in [-0.3, -0.25) is 4.79 Å². The van der Waals surface area contributed by atoms with Crippen LogP contribution in [0.1, 0.15) is 40.5 Å². The van der Waals surface area contributed by atoms with Gasteiger partial charge in [-0.05, 0) is 49.1 Å². The van der Waals surface area contributed by atoms with E-state index < -0.39 is 21.9 Å². The van der Waals surface area contributed by atoms with Crippen LogP contribution in [0, 0.1) is 5.92 Å². The Bertz CT molecular complexity index is 995. The average Bonchev–Trinajstić information content (AvgIpc) is 2.68. The van der Waals surface area contributed by atoms with Gasteiger partial charge in [0.1, 0.15) is 0 Å². The van der Waals surface area contributed by atoms with Crippen molar-refractivity contribution in [1.82, 2.24) is 4.31 Å². The lowest BCUT2D eigenvalue weighted by Crippen LogP contribution is -2.37. The number of carboxylic acid groups (broad SMARTS) is 1. The molecule has 0 unspecified atom stereocenters. The van der Waals surface area contributed by atoms with Crippen LogP contribution in [-0.4, -0.2) is 42.8 Å². The van der Waals surface area contributed by atoms with Gasteiger partial charge < -0.3 is 10.4 Å². The second kappa shape index (κ2) is 8.12. The number of nitrogens with zero attached hydrogens (tertiary/aromatic N) is 1. The molecule has 0 aromatic heterocycles. The standard InChI is InChI=1S/C20H22N2O5S/c1-14-9-11-22(12-10-14)28(26,27)16-6-4-5-15(13-16)19(23)21-18-8-3-2-7-17(18)20(24)25/h2-8,13-14H,9-12H2,1H3,(H,21,23)(H,24,25). The maximum absolute atomic E-state index is 12.9. The van der Waals surface area contributed by atoms with Crippen molar-refractivity contribution in [1.29, 1.82) is 0 Å². The van der Waals surface area contributed by atoms with Gasteiger partial charge in [0.25, 0.3) is 5.91 Å². The first kappa shape index (κ1) is 20.0. The Hall–Kier alpha value is -2.71. The molecule has 1 heterocycles. The van der Waals surface area contributed by atoms with Crippen molar-refractivity contribution in [3.63, 3.8) is 0 Å². The largest absolute Gasteiger partial charge is 0.478 e. The molecular formula is C20H22N2O5S. The molecule has 0 saturated carbocycles. The fourth-order valence-electron chi connectivity index (χ4n) is 3.15. The van der Waals surface area contributed by atoms with Crippen molar-refractivity contribution in [2.45, 2.75) is 24.7 Å². The molecule has 2 aromatic rings. The Kier molecular flexibility index (Phi) is 5.81. The highest BCUT2D eigenvalue weighted by molar-refractivity contribution is 7.89. The van der Waals surface area contributed by atoms with E-state index in [2.05, 4.69) is 12.2 Å². The summed E-state index contributed by atoms with van der Waals surface area (Å²) in [5.74, 6) is -1.23. The van der Waals surface area contributed by atoms with Crippen molar-refractivity contribution in [3.8, 4) is 0 Å². The SMILES string of the molecule is CC1CCN(S(=O)(=O)c2cccc(C(=O)Nc3ccccc3C(=O)O)c2)CC1. The molecule has 1 aliphatic rings. The summed E-state index contributed by atoms with van der Waals surface area (Å²) < 4.78 is 27.2. The van der Waals surface area contributed by atoms with Gasteiger partial charge in [0.15, 0.2) is 0 Å². The third-order valence-corrected chi connectivity index (χ3v) is 6.78. The van der Waals surface area contributed by atoms with Crippen LogP contribution in [0.2, 0.25) is 0 Å². The van der Waals surface area contributed by atoms with Crippen molar-refractivity contribution < 1.29 is 23.1 Å². The third kappa shape index (κ3) is 4.23. The molecule has 1 saturated heterocycles. The fourth-order valence-corrected chi connectivity index (χ4v) is 4.66. The minimum absolute atomic E-state index is 0.0398. The second-order valence-corrected chi connectivity index (χ2v) is 8.86. The Morgan fingerprint density at radius 3 is 2.43 bits per heavy atom. The smallest absolute Gasteiger partial charge is 0.337 e. The van der Waals surface area contributed by atoms with Crippen molar-refractivity contribution in [2.24, 2.45) is 5.92 Å². The molecular weight excluding hydrogens is 380 g/mol. The van der Waals surface area contributed by atoms with E-state index in [0.29, 0.717) is 19.0 Å². The number of amides is 1. The van der Waals surface area contributed by atoms with E-state index >= 15 is 0 Å². The summed E-state index contributed by atoms with van der Waals surface area (Å²) >= 11 is 0. The van der Waals surface area contributed by atoms with Gasteiger partial charge in [0.2, 0.25) is 10.0 Å². The van der Waals surface area contributed by atoms with Crippen LogP contribution in [0.25, 0.3) is 0 Å². The summed E-state index contributed by atoms with van der Waals surface area (Å²) in [6, 6.07) is 11.8. The number of hydrogen-bond donors (Lipinski definition) is 2. The maximum atomic E-state index is 12.9. The summed E-state index contributed by atoms with van der Waals surface area (Å²) in [6.07, 6.45) is 1.62. The summed E-state index contributed by atoms with van der Waals surface area (Å²) in [5.41, 5.74) is 0.256. The van der Waals surface area contributed by atoms with Gasteiger partial charge in [-0.15, -0.1) is 0 Å². The first-order chi connectivity index (χ1) is 13.3. The van der Waals surface area contributed by atoms with E-state index in [1.807, 2.05) is 0 Å². The van der Waals surface area contributed by atoms with E-state index in [-0.39, 0.29) is 21.7 Å². The molecule has 0 bridgehead atoms. The zero-order valence-electron chi connectivity index (χ0n) is 15.5. The van der Waals surface area contributed by atoms with Crippen LogP contribution in [0.15, 0.2) is 53.4 Å². The minimum Gasteiger partial charge on any atom is -0.478 e. The molecule has 1 amide bonds. The van der Waals surface area contributed by atoms with Crippen molar-refractivity contribution in [3.05, 3.63) is 59.7 Å². The lowest BCUT2D eigenvalue weighted by molar-refractivity contribution is 0.0698. The number of carbonyl (C=O) groups is 2. The zero-order valence-corrected chi connectivity index (χ0v) is 16.3. The van der Waals surface area contributed by atoms with Gasteiger partial charge in [-0.1, -0.05) is 25.1 Å². The molecule has 0 aliphatic carbocycles. The monoisotopic (exact) mass is 402 g/mol. The summed E-state index contributed by atoms with van der Waals surface area (Å²) in [5, 5.41) is 11.8. The molecule has 3 rings (SSSR count). The van der Waals surface area contributed by atoms with E-state index in [1.165, 1.54) is 40.7 Å². The maximum Gasteiger partial charge on any atom is 0.337 e. The summed E-state index contributed by atoms with van der Waals surface area (Å²) in [6.45, 7) is 3.03. The number of benzene rings is 2. The van der Waals surface area contributed by atoms with Crippen LogP contribution < -0.4 is 5.32 Å². The minimum atomic E-state index is -3.68. The molecule has 0 atom stereocenters. The predicted molar refractivity (Wildman–Crippen MR) is 105 cm³/mol. The molecule has 2 aromatic carbocycles. The molecule has 28 heavy (non-hydrogen) atoms. The highest BCUT2D eigenvalue weighted by Crippen LogP contribution is 2.24. The fraction of sp³-hybridized carbons (Fsp3) is 0.300. The number of carbonyl (C=O) groups excluding carboxylic acids is 1. The number of anilines is 1. The lowest BCUT2D eigenvalue weighted by Gasteiger charge is -2.29. The highest BCUT2D eigenvalue weighted by Gasteiger charge is 2.28. The quantitative estimate of drug-likeness (QED) is 0.800. The second-order valence-electron chi connectivity index (χ2n) is 6.92. The summed E-state index contributed by atoms with van der Waals surface area (Å²) in [7, 11) is -3.68. The number of rotatable bonds is 5. The number of para-hydroxylation sites is 1. The molecule has 8 heteroatoms. The van der Waals surface area contributed by atoms with Gasteiger partial charge in [-0.2, -0.15) is 4.31 Å². The normalized spacial score (nSPS) is 15.9. The Morgan fingerprint density at radius 2 is 1.75 bits per heavy atom. The number of nitrogens with one attached hydrogen (secondary N) is 1. The van der Waals surface area contributed by atoms with Gasteiger partial charge in [0, 0.05) is 18.7 Å². The molecule has 2 N–H and O–H groups in total. The van der Waals surface area contributed by atoms with Crippen molar-refractivity contribution >= 4 is 27.6 Å². The third-order valence-electron chi connectivity index (χ3n) is 4.88. The van der Waals surface area contributed by atoms with E-state index in [4.69, 9.17) is 0 Å². The van der Waals surface area contributed by atoms with Crippen LogP contribution in [0.5, 0.6) is 0 Å². The van der Waals surface area contributed by atoms with Gasteiger partial charge in [-0.25, -0.2) is 13.2 Å². The van der Waals surface area contributed by atoms with E-state index in [1.54, 1.807) is 12.1 Å². The topological polar surface area (TPSA) is 104 Å². The number of aromatic carboxylic acids is 1.